The summed E-state index contributed by atoms with van der Waals surface area (Å²) in [5, 5.41) is 13.2. The molecule has 1 aliphatic carbocycles. The Morgan fingerprint density at radius 3 is 2.38 bits per heavy atom. The van der Waals surface area contributed by atoms with E-state index in [-0.39, 0.29) is 12.3 Å². The predicted molar refractivity (Wildman–Crippen MR) is 86.6 cm³/mol. The van der Waals surface area contributed by atoms with Gasteiger partial charge in [-0.2, -0.15) is 0 Å². The summed E-state index contributed by atoms with van der Waals surface area (Å²) >= 11 is 0. The Bertz CT molecular complexity index is 425. The van der Waals surface area contributed by atoms with E-state index in [1.165, 1.54) is 37.7 Å². The van der Waals surface area contributed by atoms with Crippen LogP contribution < -0.4 is 10.1 Å². The molecule has 0 spiro atoms. The molecule has 1 aliphatic rings. The summed E-state index contributed by atoms with van der Waals surface area (Å²) in [6, 6.07) is 8.58. The van der Waals surface area contributed by atoms with Gasteiger partial charge in [0.15, 0.2) is 6.23 Å². The van der Waals surface area contributed by atoms with E-state index >= 15 is 0 Å². The molecule has 0 aliphatic heterocycles. The summed E-state index contributed by atoms with van der Waals surface area (Å²) in [4.78, 5) is 0. The monoisotopic (exact) mass is 291 g/mol. The van der Waals surface area contributed by atoms with Gasteiger partial charge in [-0.25, -0.2) is 0 Å². The Kier molecular flexibility index (Phi) is 6.07. The first kappa shape index (κ1) is 16.3. The second kappa shape index (κ2) is 7.81. The molecule has 0 heterocycles. The molecule has 2 N–H and O–H groups in total. The van der Waals surface area contributed by atoms with Crippen molar-refractivity contribution in [3.05, 3.63) is 29.8 Å². The van der Waals surface area contributed by atoms with E-state index in [4.69, 9.17) is 4.74 Å². The van der Waals surface area contributed by atoms with Crippen LogP contribution in [0.4, 0.5) is 0 Å². The van der Waals surface area contributed by atoms with Crippen LogP contribution in [0.5, 0.6) is 5.75 Å². The van der Waals surface area contributed by atoms with Gasteiger partial charge in [-0.15, -0.1) is 0 Å². The number of rotatable bonds is 6. The lowest BCUT2D eigenvalue weighted by molar-refractivity contribution is 0.0209. The van der Waals surface area contributed by atoms with Crippen molar-refractivity contribution in [2.24, 2.45) is 0 Å². The fraction of sp³-hybridized carbons (Fsp3) is 0.667. The Morgan fingerprint density at radius 1 is 1.10 bits per heavy atom. The van der Waals surface area contributed by atoms with Crippen molar-refractivity contribution < 1.29 is 9.84 Å². The van der Waals surface area contributed by atoms with Crippen molar-refractivity contribution in [3.63, 3.8) is 0 Å². The van der Waals surface area contributed by atoms with Crippen molar-refractivity contribution in [2.45, 2.75) is 77.2 Å². The third-order valence-electron chi connectivity index (χ3n) is 4.15. The number of para-hydroxylation sites is 1. The highest BCUT2D eigenvalue weighted by atomic mass is 16.5. The highest BCUT2D eigenvalue weighted by molar-refractivity contribution is 5.36. The van der Waals surface area contributed by atoms with Gasteiger partial charge in [0.2, 0.25) is 0 Å². The first-order chi connectivity index (χ1) is 10.1. The molecule has 3 heteroatoms. The molecular weight excluding hydrogens is 262 g/mol. The van der Waals surface area contributed by atoms with Crippen LogP contribution in [-0.4, -0.2) is 23.5 Å². The number of aliphatic hydroxyl groups is 1. The molecule has 1 saturated carbocycles. The van der Waals surface area contributed by atoms with Gasteiger partial charge in [0, 0.05) is 6.04 Å². The fourth-order valence-corrected chi connectivity index (χ4v) is 3.08. The van der Waals surface area contributed by atoms with Crippen LogP contribution in [-0.2, 0) is 0 Å². The second-order valence-electron chi connectivity index (χ2n) is 6.47. The summed E-state index contributed by atoms with van der Waals surface area (Å²) in [6.07, 6.45) is 5.55. The Labute approximate surface area is 128 Å². The number of hydrogen-bond donors (Lipinski definition) is 2. The molecule has 21 heavy (non-hydrogen) atoms. The molecule has 1 aromatic carbocycles. The maximum absolute atomic E-state index is 9.94. The topological polar surface area (TPSA) is 41.5 Å². The zero-order chi connectivity index (χ0) is 15.2. The fourth-order valence-electron chi connectivity index (χ4n) is 3.08. The van der Waals surface area contributed by atoms with Crippen molar-refractivity contribution in [1.82, 2.24) is 5.32 Å². The smallest absolute Gasteiger partial charge is 0.176 e. The SMILES string of the molecule is CC(C)NC(Oc1ccccc1C1CCCCC1)C(C)O. The van der Waals surface area contributed by atoms with Crippen LogP contribution in [0.2, 0.25) is 0 Å². The van der Waals surface area contributed by atoms with Gasteiger partial charge in [0.1, 0.15) is 11.9 Å². The molecule has 1 aromatic rings. The zero-order valence-corrected chi connectivity index (χ0v) is 13.5. The van der Waals surface area contributed by atoms with E-state index < -0.39 is 6.10 Å². The van der Waals surface area contributed by atoms with Crippen LogP contribution in [0.1, 0.15) is 64.4 Å². The molecule has 0 bridgehead atoms. The molecule has 2 atom stereocenters. The van der Waals surface area contributed by atoms with Crippen molar-refractivity contribution in [1.29, 1.82) is 0 Å². The molecule has 0 amide bonds. The van der Waals surface area contributed by atoms with Crippen molar-refractivity contribution in [2.75, 3.05) is 0 Å². The van der Waals surface area contributed by atoms with Crippen LogP contribution in [0.3, 0.4) is 0 Å². The van der Waals surface area contributed by atoms with Crippen LogP contribution in [0.15, 0.2) is 24.3 Å². The molecule has 0 aromatic heterocycles. The maximum Gasteiger partial charge on any atom is 0.176 e. The van der Waals surface area contributed by atoms with Crippen molar-refractivity contribution >= 4 is 0 Å². The lowest BCUT2D eigenvalue weighted by Crippen LogP contribution is -2.46. The standard InChI is InChI=1S/C18H29NO2/c1-13(2)19-18(14(3)20)21-17-12-8-7-11-16(17)15-9-5-4-6-10-15/h7-8,11-15,18-20H,4-6,9-10H2,1-3H3. The summed E-state index contributed by atoms with van der Waals surface area (Å²) < 4.78 is 6.11. The molecule has 1 fully saturated rings. The van der Waals surface area contributed by atoms with Crippen LogP contribution in [0, 0.1) is 0 Å². The third-order valence-corrected chi connectivity index (χ3v) is 4.15. The molecule has 2 unspecified atom stereocenters. The summed E-state index contributed by atoms with van der Waals surface area (Å²) in [5.41, 5.74) is 1.30. The predicted octanol–water partition coefficient (Wildman–Crippen LogP) is 3.82. The van der Waals surface area contributed by atoms with Gasteiger partial charge in [0.25, 0.3) is 0 Å². The van der Waals surface area contributed by atoms with Gasteiger partial charge >= 0.3 is 0 Å². The van der Waals surface area contributed by atoms with Crippen LogP contribution in [0.25, 0.3) is 0 Å². The Hall–Kier alpha value is -1.06. The minimum absolute atomic E-state index is 0.270. The molecule has 0 radical (unpaired) electrons. The number of ether oxygens (including phenoxy) is 1. The van der Waals surface area contributed by atoms with E-state index in [1.807, 2.05) is 12.1 Å². The average Bonchev–Trinajstić information content (AvgIpc) is 2.47. The van der Waals surface area contributed by atoms with E-state index in [2.05, 4.69) is 31.3 Å². The third kappa shape index (κ3) is 4.72. The van der Waals surface area contributed by atoms with Gasteiger partial charge in [-0.3, -0.25) is 5.32 Å². The summed E-state index contributed by atoms with van der Waals surface area (Å²) in [5.74, 6) is 1.52. The number of hydrogen-bond acceptors (Lipinski definition) is 3. The summed E-state index contributed by atoms with van der Waals surface area (Å²) in [6.45, 7) is 5.89. The molecule has 2 rings (SSSR count). The normalized spacial score (nSPS) is 19.5. The van der Waals surface area contributed by atoms with Gasteiger partial charge in [-0.1, -0.05) is 37.5 Å². The van der Waals surface area contributed by atoms with Crippen molar-refractivity contribution in [3.8, 4) is 5.75 Å². The van der Waals surface area contributed by atoms with Gasteiger partial charge in [-0.05, 0) is 51.2 Å². The number of nitrogens with one attached hydrogen (secondary N) is 1. The summed E-state index contributed by atoms with van der Waals surface area (Å²) in [7, 11) is 0. The number of benzene rings is 1. The molecule has 118 valence electrons. The van der Waals surface area contributed by atoms with Gasteiger partial charge in [0.05, 0.1) is 0 Å². The highest BCUT2D eigenvalue weighted by Crippen LogP contribution is 2.37. The molecular formula is C18H29NO2. The maximum atomic E-state index is 9.94. The van der Waals surface area contributed by atoms with E-state index in [1.54, 1.807) is 6.92 Å². The van der Waals surface area contributed by atoms with E-state index in [9.17, 15) is 5.11 Å². The lowest BCUT2D eigenvalue weighted by Gasteiger charge is -2.29. The quantitative estimate of drug-likeness (QED) is 0.783. The van der Waals surface area contributed by atoms with Gasteiger partial charge < -0.3 is 9.84 Å². The minimum atomic E-state index is -0.549. The largest absolute Gasteiger partial charge is 0.472 e. The first-order valence-electron chi connectivity index (χ1n) is 8.27. The lowest BCUT2D eigenvalue weighted by atomic mass is 9.84. The average molecular weight is 291 g/mol. The second-order valence-corrected chi connectivity index (χ2v) is 6.47. The highest BCUT2D eigenvalue weighted by Gasteiger charge is 2.22. The minimum Gasteiger partial charge on any atom is -0.472 e. The zero-order valence-electron chi connectivity index (χ0n) is 13.5. The molecule has 3 nitrogen and oxygen atoms in total. The van der Waals surface area contributed by atoms with E-state index in [0.717, 1.165) is 5.75 Å². The molecule has 0 saturated heterocycles. The Morgan fingerprint density at radius 2 is 1.76 bits per heavy atom. The number of aliphatic hydroxyl groups excluding tert-OH is 1. The first-order valence-corrected chi connectivity index (χ1v) is 8.27. The van der Waals surface area contributed by atoms with E-state index in [0.29, 0.717) is 5.92 Å². The Balaban J connectivity index is 2.14. The van der Waals surface area contributed by atoms with Crippen LogP contribution >= 0.6 is 0 Å².